The van der Waals surface area contributed by atoms with Crippen molar-refractivity contribution in [3.8, 4) is 5.75 Å². The lowest BCUT2D eigenvalue weighted by Crippen LogP contribution is -2.29. The number of hydrogen-bond donors (Lipinski definition) is 1. The van der Waals surface area contributed by atoms with Crippen LogP contribution in [0.25, 0.3) is 0 Å². The van der Waals surface area contributed by atoms with Gasteiger partial charge in [0.2, 0.25) is 0 Å². The van der Waals surface area contributed by atoms with Crippen molar-refractivity contribution in [2.45, 2.75) is 71.1 Å². The van der Waals surface area contributed by atoms with Crippen molar-refractivity contribution < 1.29 is 5.11 Å². The van der Waals surface area contributed by atoms with Gasteiger partial charge in [0, 0.05) is 0 Å². The van der Waals surface area contributed by atoms with Crippen molar-refractivity contribution >= 4 is 0 Å². The molecule has 0 amide bonds. The molecule has 1 aromatic rings. The standard InChI is InChI=1S/C19H28O/c1-3-5-14-13-17(20)7-8-18(14)15-9-11-19(2)10-4-6-16(19)12-15/h7-8,13,15-16,20H,3-6,9-12H2,1-2H3. The molecule has 0 aromatic heterocycles. The average Bonchev–Trinajstić information content (AvgIpc) is 2.80. The number of phenolic OH excluding ortho intramolecular Hbond substituents is 1. The topological polar surface area (TPSA) is 20.2 Å². The number of phenols is 1. The summed E-state index contributed by atoms with van der Waals surface area (Å²) in [5.74, 6) is 2.09. The van der Waals surface area contributed by atoms with Gasteiger partial charge in [-0.1, -0.05) is 32.8 Å². The van der Waals surface area contributed by atoms with Crippen molar-refractivity contribution in [2.24, 2.45) is 11.3 Å². The van der Waals surface area contributed by atoms with E-state index >= 15 is 0 Å². The summed E-state index contributed by atoms with van der Waals surface area (Å²) in [4.78, 5) is 0. The second-order valence-electron chi connectivity index (χ2n) is 7.35. The lowest BCUT2D eigenvalue weighted by molar-refractivity contribution is 0.136. The first-order valence-electron chi connectivity index (χ1n) is 8.44. The Hall–Kier alpha value is -0.980. The number of rotatable bonds is 3. The Morgan fingerprint density at radius 1 is 1.25 bits per heavy atom. The van der Waals surface area contributed by atoms with Crippen LogP contribution in [0.4, 0.5) is 0 Å². The second-order valence-corrected chi connectivity index (χ2v) is 7.35. The Bertz CT molecular complexity index is 479. The van der Waals surface area contributed by atoms with Crippen LogP contribution in [0.1, 0.15) is 75.8 Å². The number of fused-ring (bicyclic) bond motifs is 1. The third-order valence-electron chi connectivity index (χ3n) is 6.00. The molecule has 0 heterocycles. The lowest BCUT2D eigenvalue weighted by Gasteiger charge is -2.41. The Kier molecular flexibility index (Phi) is 3.79. The molecule has 3 unspecified atom stereocenters. The van der Waals surface area contributed by atoms with Crippen LogP contribution in [-0.4, -0.2) is 5.11 Å². The van der Waals surface area contributed by atoms with Gasteiger partial charge in [0.25, 0.3) is 0 Å². The summed E-state index contributed by atoms with van der Waals surface area (Å²) < 4.78 is 0. The predicted octanol–water partition coefficient (Wildman–Crippen LogP) is 5.42. The number of benzene rings is 1. The van der Waals surface area contributed by atoms with Gasteiger partial charge in [-0.2, -0.15) is 0 Å². The zero-order valence-corrected chi connectivity index (χ0v) is 13.0. The highest BCUT2D eigenvalue weighted by molar-refractivity contribution is 5.37. The summed E-state index contributed by atoms with van der Waals surface area (Å²) in [5.41, 5.74) is 3.55. The van der Waals surface area contributed by atoms with Crippen LogP contribution >= 0.6 is 0 Å². The minimum atomic E-state index is 0.429. The van der Waals surface area contributed by atoms with Gasteiger partial charge in [-0.15, -0.1) is 0 Å². The first-order chi connectivity index (χ1) is 9.62. The van der Waals surface area contributed by atoms with Crippen LogP contribution in [0, 0.1) is 11.3 Å². The molecule has 1 nitrogen and oxygen atoms in total. The van der Waals surface area contributed by atoms with E-state index in [1.807, 2.05) is 12.1 Å². The van der Waals surface area contributed by atoms with Crippen molar-refractivity contribution in [1.82, 2.24) is 0 Å². The summed E-state index contributed by atoms with van der Waals surface area (Å²) in [6.07, 6.45) is 10.7. The van der Waals surface area contributed by atoms with Gasteiger partial charge in [-0.05, 0) is 79.0 Å². The van der Waals surface area contributed by atoms with E-state index in [1.54, 1.807) is 0 Å². The van der Waals surface area contributed by atoms with Crippen molar-refractivity contribution in [3.05, 3.63) is 29.3 Å². The fraction of sp³-hybridized carbons (Fsp3) is 0.684. The highest BCUT2D eigenvalue weighted by Gasteiger charge is 2.43. The van der Waals surface area contributed by atoms with E-state index in [0.717, 1.165) is 24.7 Å². The quantitative estimate of drug-likeness (QED) is 0.779. The Balaban J connectivity index is 1.83. The summed E-state index contributed by atoms with van der Waals surface area (Å²) in [6, 6.07) is 6.08. The summed E-state index contributed by atoms with van der Waals surface area (Å²) in [5, 5.41) is 9.75. The first-order valence-corrected chi connectivity index (χ1v) is 8.44. The molecule has 0 radical (unpaired) electrons. The van der Waals surface area contributed by atoms with Crippen molar-refractivity contribution in [3.63, 3.8) is 0 Å². The Morgan fingerprint density at radius 2 is 2.10 bits per heavy atom. The summed E-state index contributed by atoms with van der Waals surface area (Å²) in [7, 11) is 0. The van der Waals surface area contributed by atoms with Gasteiger partial charge < -0.3 is 5.11 Å². The van der Waals surface area contributed by atoms with E-state index < -0.39 is 0 Å². The van der Waals surface area contributed by atoms with E-state index in [1.165, 1.54) is 49.7 Å². The van der Waals surface area contributed by atoms with Crippen LogP contribution in [-0.2, 0) is 6.42 Å². The molecule has 2 aliphatic rings. The zero-order valence-electron chi connectivity index (χ0n) is 13.0. The minimum absolute atomic E-state index is 0.429. The number of aromatic hydroxyl groups is 1. The highest BCUT2D eigenvalue weighted by Crippen LogP contribution is 2.55. The molecule has 20 heavy (non-hydrogen) atoms. The van der Waals surface area contributed by atoms with Crippen molar-refractivity contribution in [2.75, 3.05) is 0 Å². The molecule has 0 spiro atoms. The monoisotopic (exact) mass is 272 g/mol. The van der Waals surface area contributed by atoms with Gasteiger partial charge in [0.1, 0.15) is 5.75 Å². The van der Waals surface area contributed by atoms with E-state index in [0.29, 0.717) is 11.2 Å². The van der Waals surface area contributed by atoms with E-state index in [9.17, 15) is 5.11 Å². The molecule has 0 saturated heterocycles. The minimum Gasteiger partial charge on any atom is -0.508 e. The SMILES string of the molecule is CCCc1cc(O)ccc1C1CCC2(C)CCCC2C1. The molecule has 1 N–H and O–H groups in total. The first kappa shape index (κ1) is 14.0. The average molecular weight is 272 g/mol. The van der Waals surface area contributed by atoms with Gasteiger partial charge in [-0.25, -0.2) is 0 Å². The molecule has 2 aliphatic carbocycles. The van der Waals surface area contributed by atoms with Crippen LogP contribution in [0.3, 0.4) is 0 Å². The van der Waals surface area contributed by atoms with Gasteiger partial charge >= 0.3 is 0 Å². The molecule has 2 saturated carbocycles. The van der Waals surface area contributed by atoms with Crippen LogP contribution in [0.15, 0.2) is 18.2 Å². The Labute approximate surface area is 123 Å². The summed E-state index contributed by atoms with van der Waals surface area (Å²) >= 11 is 0. The molecule has 3 atom stereocenters. The predicted molar refractivity (Wildman–Crippen MR) is 84.1 cm³/mol. The molecule has 3 rings (SSSR count). The molecule has 1 aromatic carbocycles. The number of hydrogen-bond acceptors (Lipinski definition) is 1. The zero-order chi connectivity index (χ0) is 14.2. The molecular weight excluding hydrogens is 244 g/mol. The maximum absolute atomic E-state index is 9.75. The van der Waals surface area contributed by atoms with Crippen molar-refractivity contribution in [1.29, 1.82) is 0 Å². The molecule has 0 bridgehead atoms. The molecule has 110 valence electrons. The third-order valence-corrected chi connectivity index (χ3v) is 6.00. The summed E-state index contributed by atoms with van der Waals surface area (Å²) in [6.45, 7) is 4.74. The molecular formula is C19H28O. The van der Waals surface area contributed by atoms with Gasteiger partial charge in [-0.3, -0.25) is 0 Å². The van der Waals surface area contributed by atoms with Crippen LogP contribution in [0.5, 0.6) is 5.75 Å². The maximum Gasteiger partial charge on any atom is 0.115 e. The molecule has 2 fully saturated rings. The fourth-order valence-electron chi connectivity index (χ4n) is 4.76. The van der Waals surface area contributed by atoms with Crippen LogP contribution < -0.4 is 0 Å². The van der Waals surface area contributed by atoms with E-state index in [-0.39, 0.29) is 0 Å². The normalized spacial score (nSPS) is 33.1. The Morgan fingerprint density at radius 3 is 2.90 bits per heavy atom. The lowest BCUT2D eigenvalue weighted by atomic mass is 9.64. The maximum atomic E-state index is 9.75. The smallest absolute Gasteiger partial charge is 0.115 e. The highest BCUT2D eigenvalue weighted by atomic mass is 16.3. The van der Waals surface area contributed by atoms with Gasteiger partial charge in [0.15, 0.2) is 0 Å². The fourth-order valence-corrected chi connectivity index (χ4v) is 4.76. The largest absolute Gasteiger partial charge is 0.508 e. The molecule has 0 aliphatic heterocycles. The molecule has 1 heteroatoms. The van der Waals surface area contributed by atoms with E-state index in [4.69, 9.17) is 0 Å². The van der Waals surface area contributed by atoms with Gasteiger partial charge in [0.05, 0.1) is 0 Å². The third kappa shape index (κ3) is 2.47. The van der Waals surface area contributed by atoms with Crippen LogP contribution in [0.2, 0.25) is 0 Å². The second kappa shape index (κ2) is 5.42. The number of aryl methyl sites for hydroxylation is 1. The van der Waals surface area contributed by atoms with E-state index in [2.05, 4.69) is 19.9 Å².